The molecule has 1 heterocycles. The smallest absolute Gasteiger partial charge is 0.163 e. The number of thiophene rings is 1. The van der Waals surface area contributed by atoms with Crippen LogP contribution in [0.2, 0.25) is 0 Å². The summed E-state index contributed by atoms with van der Waals surface area (Å²) < 4.78 is 0. The molecule has 3 heteroatoms. The van der Waals surface area contributed by atoms with Crippen LogP contribution in [0.4, 0.5) is 0 Å². The average Bonchev–Trinajstić information content (AvgIpc) is 2.76. The van der Waals surface area contributed by atoms with Gasteiger partial charge in [-0.15, -0.1) is 0 Å². The minimum atomic E-state index is 0.277. The summed E-state index contributed by atoms with van der Waals surface area (Å²) in [5.74, 6) is 0.277. The van der Waals surface area contributed by atoms with E-state index < -0.39 is 0 Å². The minimum Gasteiger partial charge on any atom is -0.299 e. The van der Waals surface area contributed by atoms with E-state index in [1.165, 1.54) is 0 Å². The number of nitrogens with zero attached hydrogens (tertiary/aromatic N) is 1. The van der Waals surface area contributed by atoms with E-state index in [0.717, 1.165) is 18.5 Å². The second kappa shape index (κ2) is 6.92. The Bertz CT molecular complexity index is 322. The van der Waals surface area contributed by atoms with E-state index in [2.05, 4.69) is 32.6 Å². The molecule has 0 amide bonds. The normalized spacial score (nSPS) is 11.7. The van der Waals surface area contributed by atoms with Crippen LogP contribution >= 0.6 is 11.3 Å². The van der Waals surface area contributed by atoms with Gasteiger partial charge >= 0.3 is 0 Å². The quantitative estimate of drug-likeness (QED) is 0.688. The first-order chi connectivity index (χ1) is 8.02. The van der Waals surface area contributed by atoms with Crippen LogP contribution in [0.3, 0.4) is 0 Å². The summed E-state index contributed by atoms with van der Waals surface area (Å²) in [6, 6.07) is 3.01. The third-order valence-electron chi connectivity index (χ3n) is 2.99. The molecule has 0 N–H and O–H groups in total. The molecule has 0 radical (unpaired) electrons. The van der Waals surface area contributed by atoms with Gasteiger partial charge in [0.05, 0.1) is 0 Å². The van der Waals surface area contributed by atoms with E-state index in [-0.39, 0.29) is 5.78 Å². The SMILES string of the molecule is CC(C)N(CCCC(=O)c1ccsc1)C(C)C. The van der Waals surface area contributed by atoms with Crippen LogP contribution < -0.4 is 0 Å². The van der Waals surface area contributed by atoms with Gasteiger partial charge in [0.2, 0.25) is 0 Å². The van der Waals surface area contributed by atoms with Gasteiger partial charge in [0, 0.05) is 29.4 Å². The van der Waals surface area contributed by atoms with E-state index >= 15 is 0 Å². The highest BCUT2D eigenvalue weighted by Gasteiger charge is 2.13. The highest BCUT2D eigenvalue weighted by Crippen LogP contribution is 2.12. The monoisotopic (exact) mass is 253 g/mol. The highest BCUT2D eigenvalue weighted by atomic mass is 32.1. The van der Waals surface area contributed by atoms with Gasteiger partial charge in [0.1, 0.15) is 0 Å². The Kier molecular flexibility index (Phi) is 5.86. The zero-order valence-electron chi connectivity index (χ0n) is 11.3. The van der Waals surface area contributed by atoms with Crippen molar-refractivity contribution in [2.75, 3.05) is 6.54 Å². The number of hydrogen-bond donors (Lipinski definition) is 0. The van der Waals surface area contributed by atoms with Crippen molar-refractivity contribution in [2.45, 2.75) is 52.6 Å². The molecule has 0 unspecified atom stereocenters. The zero-order valence-corrected chi connectivity index (χ0v) is 12.1. The fourth-order valence-electron chi connectivity index (χ4n) is 2.10. The number of ketones is 1. The van der Waals surface area contributed by atoms with Gasteiger partial charge in [0.15, 0.2) is 5.78 Å². The van der Waals surface area contributed by atoms with Gasteiger partial charge in [-0.1, -0.05) is 0 Å². The van der Waals surface area contributed by atoms with E-state index in [9.17, 15) is 4.79 Å². The molecular formula is C14H23NOS. The Hall–Kier alpha value is -0.670. The molecule has 0 aliphatic carbocycles. The van der Waals surface area contributed by atoms with Gasteiger partial charge in [-0.3, -0.25) is 9.69 Å². The maximum Gasteiger partial charge on any atom is 0.163 e. The van der Waals surface area contributed by atoms with E-state index in [1.807, 2.05) is 16.8 Å². The number of carbonyl (C=O) groups is 1. The van der Waals surface area contributed by atoms with Crippen molar-refractivity contribution in [3.05, 3.63) is 22.4 Å². The molecule has 2 nitrogen and oxygen atoms in total. The van der Waals surface area contributed by atoms with Gasteiger partial charge in [0.25, 0.3) is 0 Å². The van der Waals surface area contributed by atoms with Crippen LogP contribution in [0, 0.1) is 0 Å². The maximum absolute atomic E-state index is 11.8. The molecule has 1 aromatic heterocycles. The second-order valence-corrected chi connectivity index (χ2v) is 5.74. The van der Waals surface area contributed by atoms with Crippen LogP contribution in [-0.4, -0.2) is 29.3 Å². The largest absolute Gasteiger partial charge is 0.299 e. The van der Waals surface area contributed by atoms with Crippen LogP contribution in [0.15, 0.2) is 16.8 Å². The summed E-state index contributed by atoms with van der Waals surface area (Å²) in [4.78, 5) is 14.2. The zero-order chi connectivity index (χ0) is 12.8. The first-order valence-corrected chi connectivity index (χ1v) is 7.27. The maximum atomic E-state index is 11.8. The Morgan fingerprint density at radius 1 is 1.29 bits per heavy atom. The summed E-state index contributed by atoms with van der Waals surface area (Å²) in [7, 11) is 0. The number of Topliss-reactive ketones (excluding diaryl/α,β-unsaturated/α-hetero) is 1. The number of carbonyl (C=O) groups excluding carboxylic acids is 1. The Morgan fingerprint density at radius 2 is 1.94 bits per heavy atom. The van der Waals surface area contributed by atoms with Crippen molar-refractivity contribution >= 4 is 17.1 Å². The molecule has 0 saturated heterocycles. The Balaban J connectivity index is 2.34. The van der Waals surface area contributed by atoms with E-state index in [4.69, 9.17) is 0 Å². The first-order valence-electron chi connectivity index (χ1n) is 6.33. The molecule has 0 bridgehead atoms. The molecule has 0 aromatic carbocycles. The average molecular weight is 253 g/mol. The standard InChI is InChI=1S/C14H23NOS/c1-11(2)15(12(3)4)8-5-6-14(16)13-7-9-17-10-13/h7,9-12H,5-6,8H2,1-4H3. The molecule has 0 saturated carbocycles. The second-order valence-electron chi connectivity index (χ2n) is 4.96. The van der Waals surface area contributed by atoms with Crippen molar-refractivity contribution in [1.29, 1.82) is 0 Å². The lowest BCUT2D eigenvalue weighted by Gasteiger charge is -2.30. The van der Waals surface area contributed by atoms with Crippen LogP contribution in [-0.2, 0) is 0 Å². The summed E-state index contributed by atoms with van der Waals surface area (Å²) in [5.41, 5.74) is 0.871. The van der Waals surface area contributed by atoms with Crippen molar-refractivity contribution in [3.8, 4) is 0 Å². The molecule has 0 atom stereocenters. The van der Waals surface area contributed by atoms with E-state index in [1.54, 1.807) is 11.3 Å². The molecule has 0 fully saturated rings. The topological polar surface area (TPSA) is 20.3 Å². The molecule has 1 rings (SSSR count). The van der Waals surface area contributed by atoms with Crippen LogP contribution in [0.5, 0.6) is 0 Å². The van der Waals surface area contributed by atoms with Gasteiger partial charge in [-0.2, -0.15) is 11.3 Å². The van der Waals surface area contributed by atoms with Crippen LogP contribution in [0.1, 0.15) is 50.9 Å². The van der Waals surface area contributed by atoms with Crippen LogP contribution in [0.25, 0.3) is 0 Å². The number of hydrogen-bond acceptors (Lipinski definition) is 3. The lowest BCUT2D eigenvalue weighted by molar-refractivity contribution is 0.0966. The van der Waals surface area contributed by atoms with Crippen molar-refractivity contribution in [1.82, 2.24) is 4.90 Å². The predicted molar refractivity (Wildman–Crippen MR) is 74.9 cm³/mol. The van der Waals surface area contributed by atoms with Crippen molar-refractivity contribution in [3.63, 3.8) is 0 Å². The molecule has 96 valence electrons. The van der Waals surface area contributed by atoms with Gasteiger partial charge in [-0.25, -0.2) is 0 Å². The van der Waals surface area contributed by atoms with Crippen molar-refractivity contribution < 1.29 is 4.79 Å². The number of rotatable bonds is 7. The highest BCUT2D eigenvalue weighted by molar-refractivity contribution is 7.08. The third kappa shape index (κ3) is 4.60. The molecule has 17 heavy (non-hydrogen) atoms. The fourth-order valence-corrected chi connectivity index (χ4v) is 2.76. The first kappa shape index (κ1) is 14.4. The predicted octanol–water partition coefficient (Wildman–Crippen LogP) is 3.83. The molecule has 1 aromatic rings. The van der Waals surface area contributed by atoms with Gasteiger partial charge < -0.3 is 0 Å². The Labute approximate surface area is 109 Å². The van der Waals surface area contributed by atoms with E-state index in [0.29, 0.717) is 18.5 Å². The lowest BCUT2D eigenvalue weighted by Crippen LogP contribution is -2.37. The molecule has 0 aliphatic heterocycles. The lowest BCUT2D eigenvalue weighted by atomic mass is 10.1. The molecule has 0 aliphatic rings. The Morgan fingerprint density at radius 3 is 2.41 bits per heavy atom. The summed E-state index contributed by atoms with van der Waals surface area (Å²) in [6.07, 6.45) is 1.61. The molecule has 0 spiro atoms. The minimum absolute atomic E-state index is 0.277. The summed E-state index contributed by atoms with van der Waals surface area (Å²) >= 11 is 1.59. The summed E-state index contributed by atoms with van der Waals surface area (Å²) in [5, 5.41) is 3.90. The fraction of sp³-hybridized carbons (Fsp3) is 0.643. The summed E-state index contributed by atoms with van der Waals surface area (Å²) in [6.45, 7) is 9.84. The van der Waals surface area contributed by atoms with Crippen molar-refractivity contribution in [2.24, 2.45) is 0 Å². The molecular weight excluding hydrogens is 230 g/mol. The van der Waals surface area contributed by atoms with Gasteiger partial charge in [-0.05, 0) is 52.1 Å². The third-order valence-corrected chi connectivity index (χ3v) is 3.67.